The van der Waals surface area contributed by atoms with Crippen LogP contribution in [0, 0.1) is 6.92 Å². The quantitative estimate of drug-likeness (QED) is 0.366. The molecular formula is C24H20N2O2S. The fourth-order valence-electron chi connectivity index (χ4n) is 3.52. The fraction of sp³-hybridized carbons (Fsp3) is 0.0833. The third kappa shape index (κ3) is 3.77. The number of amides is 1. The predicted molar refractivity (Wildman–Crippen MR) is 119 cm³/mol. The van der Waals surface area contributed by atoms with Gasteiger partial charge >= 0.3 is 0 Å². The van der Waals surface area contributed by atoms with Crippen molar-refractivity contribution < 1.29 is 9.59 Å². The molecule has 0 unspecified atom stereocenters. The van der Waals surface area contributed by atoms with E-state index in [0.717, 1.165) is 38.6 Å². The monoisotopic (exact) mass is 400 g/mol. The molecule has 1 amide bonds. The molecule has 0 saturated carbocycles. The Bertz CT molecular complexity index is 1240. The molecule has 0 aliphatic carbocycles. The molecule has 4 nitrogen and oxygen atoms in total. The van der Waals surface area contributed by atoms with Gasteiger partial charge in [0.25, 0.3) is 5.91 Å². The standard InChI is InChI=1S/C24H20N2O2S/c1-14-8-20(23(25)21(9-14)24(26)28)18-5-4-16-10-15(2-3-17(16)12-18)11-22(27)19-6-7-29-13-19/h2-10,12-13H,11,25H2,1H3,(H2,26,28). The SMILES string of the molecule is Cc1cc(C(N)=O)c(N)c(-c2ccc3cc(CC(=O)c4ccsc4)ccc3c2)c1. The van der Waals surface area contributed by atoms with E-state index in [4.69, 9.17) is 11.5 Å². The molecule has 4 N–H and O–H groups in total. The number of hydrogen-bond donors (Lipinski definition) is 2. The lowest BCUT2D eigenvalue weighted by Crippen LogP contribution is -2.14. The Hall–Kier alpha value is -3.44. The molecule has 0 radical (unpaired) electrons. The largest absolute Gasteiger partial charge is 0.398 e. The molecule has 4 aromatic rings. The first-order chi connectivity index (χ1) is 13.9. The average molecular weight is 401 g/mol. The maximum atomic E-state index is 12.4. The van der Waals surface area contributed by atoms with Gasteiger partial charge in [-0.05, 0) is 64.0 Å². The molecule has 0 bridgehead atoms. The molecule has 0 fully saturated rings. The van der Waals surface area contributed by atoms with Crippen LogP contribution in [0.2, 0.25) is 0 Å². The van der Waals surface area contributed by atoms with Crippen molar-refractivity contribution in [2.45, 2.75) is 13.3 Å². The summed E-state index contributed by atoms with van der Waals surface area (Å²) >= 11 is 1.53. The molecule has 3 aromatic carbocycles. The Kier molecular flexibility index (Phi) is 4.91. The number of fused-ring (bicyclic) bond motifs is 1. The van der Waals surface area contributed by atoms with E-state index >= 15 is 0 Å². The van der Waals surface area contributed by atoms with Crippen LogP contribution in [0.15, 0.2) is 65.4 Å². The van der Waals surface area contributed by atoms with Crippen LogP contribution in [0.3, 0.4) is 0 Å². The van der Waals surface area contributed by atoms with Crippen LogP contribution in [0.25, 0.3) is 21.9 Å². The summed E-state index contributed by atoms with van der Waals surface area (Å²) < 4.78 is 0. The summed E-state index contributed by atoms with van der Waals surface area (Å²) in [6.07, 6.45) is 0.376. The Balaban J connectivity index is 1.69. The maximum absolute atomic E-state index is 12.4. The highest BCUT2D eigenvalue weighted by Gasteiger charge is 2.13. The van der Waals surface area contributed by atoms with Crippen molar-refractivity contribution in [1.29, 1.82) is 0 Å². The van der Waals surface area contributed by atoms with Gasteiger partial charge in [-0.2, -0.15) is 11.3 Å². The Morgan fingerprint density at radius 1 is 0.966 bits per heavy atom. The van der Waals surface area contributed by atoms with Gasteiger partial charge in [-0.1, -0.05) is 30.3 Å². The summed E-state index contributed by atoms with van der Waals surface area (Å²) in [6.45, 7) is 1.91. The molecule has 29 heavy (non-hydrogen) atoms. The molecule has 4 rings (SSSR count). The molecule has 5 heteroatoms. The molecule has 1 heterocycles. The van der Waals surface area contributed by atoms with Gasteiger partial charge in [0.05, 0.1) is 11.3 Å². The summed E-state index contributed by atoms with van der Waals surface area (Å²) in [7, 11) is 0. The number of hydrogen-bond acceptors (Lipinski definition) is 4. The number of Topliss-reactive ketones (excluding diaryl/α,β-unsaturated/α-hetero) is 1. The first-order valence-electron chi connectivity index (χ1n) is 9.21. The summed E-state index contributed by atoms with van der Waals surface area (Å²) in [6, 6.07) is 17.6. The minimum atomic E-state index is -0.534. The molecule has 0 aliphatic rings. The molecule has 1 aromatic heterocycles. The van der Waals surface area contributed by atoms with Gasteiger partial charge in [0.1, 0.15) is 0 Å². The van der Waals surface area contributed by atoms with E-state index < -0.39 is 5.91 Å². The molecule has 144 valence electrons. The molecule has 0 aliphatic heterocycles. The minimum absolute atomic E-state index is 0.119. The number of thiophene rings is 1. The van der Waals surface area contributed by atoms with Gasteiger partial charge in [-0.15, -0.1) is 0 Å². The number of aryl methyl sites for hydroxylation is 1. The van der Waals surface area contributed by atoms with Gasteiger partial charge in [-0.3, -0.25) is 9.59 Å². The second kappa shape index (κ2) is 7.53. The lowest BCUT2D eigenvalue weighted by molar-refractivity contribution is 0.0988. The zero-order valence-electron chi connectivity index (χ0n) is 15.9. The molecular weight excluding hydrogens is 380 g/mol. The number of anilines is 1. The third-order valence-electron chi connectivity index (χ3n) is 5.01. The topological polar surface area (TPSA) is 86.2 Å². The number of benzene rings is 3. The number of nitrogens with two attached hydrogens (primary N) is 2. The van der Waals surface area contributed by atoms with Gasteiger partial charge in [0.2, 0.25) is 0 Å². The van der Waals surface area contributed by atoms with Crippen molar-refractivity contribution in [1.82, 2.24) is 0 Å². The smallest absolute Gasteiger partial charge is 0.250 e. The molecule has 0 spiro atoms. The van der Waals surface area contributed by atoms with Crippen LogP contribution in [-0.4, -0.2) is 11.7 Å². The van der Waals surface area contributed by atoms with E-state index in [-0.39, 0.29) is 5.78 Å². The van der Waals surface area contributed by atoms with Crippen molar-refractivity contribution in [2.75, 3.05) is 5.73 Å². The van der Waals surface area contributed by atoms with E-state index in [1.54, 1.807) is 6.07 Å². The fourth-order valence-corrected chi connectivity index (χ4v) is 4.18. The number of primary amides is 1. The highest BCUT2D eigenvalue weighted by Crippen LogP contribution is 2.32. The van der Waals surface area contributed by atoms with Crippen LogP contribution in [-0.2, 0) is 6.42 Å². The molecule has 0 saturated heterocycles. The van der Waals surface area contributed by atoms with E-state index in [0.29, 0.717) is 17.7 Å². The second-order valence-electron chi connectivity index (χ2n) is 7.15. The number of rotatable bonds is 5. The van der Waals surface area contributed by atoms with Gasteiger partial charge < -0.3 is 11.5 Å². The van der Waals surface area contributed by atoms with Crippen LogP contribution >= 0.6 is 11.3 Å². The highest BCUT2D eigenvalue weighted by atomic mass is 32.1. The van der Waals surface area contributed by atoms with Crippen molar-refractivity contribution in [3.05, 3.63) is 87.6 Å². The van der Waals surface area contributed by atoms with Gasteiger partial charge in [-0.25, -0.2) is 0 Å². The van der Waals surface area contributed by atoms with E-state index in [2.05, 4.69) is 0 Å². The minimum Gasteiger partial charge on any atom is -0.398 e. The summed E-state index contributed by atoms with van der Waals surface area (Å²) in [5.74, 6) is -0.415. The summed E-state index contributed by atoms with van der Waals surface area (Å²) in [5.41, 5.74) is 16.8. The maximum Gasteiger partial charge on any atom is 0.250 e. The van der Waals surface area contributed by atoms with E-state index in [9.17, 15) is 9.59 Å². The normalized spacial score (nSPS) is 10.9. The van der Waals surface area contributed by atoms with Crippen LogP contribution in [0.4, 0.5) is 5.69 Å². The number of carbonyl (C=O) groups excluding carboxylic acids is 2. The Labute approximate surface area is 172 Å². The average Bonchev–Trinajstić information content (AvgIpc) is 3.24. The highest BCUT2D eigenvalue weighted by molar-refractivity contribution is 7.08. The summed E-state index contributed by atoms with van der Waals surface area (Å²) in [4.78, 5) is 24.1. The Morgan fingerprint density at radius 3 is 2.45 bits per heavy atom. The lowest BCUT2D eigenvalue weighted by Gasteiger charge is -2.12. The molecule has 0 atom stereocenters. The van der Waals surface area contributed by atoms with Crippen molar-refractivity contribution in [3.8, 4) is 11.1 Å². The Morgan fingerprint density at radius 2 is 1.72 bits per heavy atom. The van der Waals surface area contributed by atoms with Crippen LogP contribution in [0.1, 0.15) is 31.8 Å². The summed E-state index contributed by atoms with van der Waals surface area (Å²) in [5, 5.41) is 5.87. The van der Waals surface area contributed by atoms with Crippen molar-refractivity contribution >= 4 is 39.5 Å². The van der Waals surface area contributed by atoms with Gasteiger partial charge in [0, 0.05) is 22.9 Å². The van der Waals surface area contributed by atoms with Crippen LogP contribution < -0.4 is 11.5 Å². The first kappa shape index (κ1) is 18.9. The third-order valence-corrected chi connectivity index (χ3v) is 5.70. The number of ketones is 1. The second-order valence-corrected chi connectivity index (χ2v) is 7.93. The lowest BCUT2D eigenvalue weighted by atomic mass is 9.94. The predicted octanol–water partition coefficient (Wildman–Crippen LogP) is 4.98. The number of carbonyl (C=O) groups is 2. The van der Waals surface area contributed by atoms with E-state index in [1.165, 1.54) is 11.3 Å². The number of nitrogen functional groups attached to an aromatic ring is 1. The zero-order valence-corrected chi connectivity index (χ0v) is 16.8. The van der Waals surface area contributed by atoms with E-state index in [1.807, 2.05) is 66.2 Å². The first-order valence-corrected chi connectivity index (χ1v) is 10.1. The van der Waals surface area contributed by atoms with Crippen LogP contribution in [0.5, 0.6) is 0 Å². The van der Waals surface area contributed by atoms with Gasteiger partial charge in [0.15, 0.2) is 5.78 Å². The van der Waals surface area contributed by atoms with Crippen molar-refractivity contribution in [2.24, 2.45) is 5.73 Å². The van der Waals surface area contributed by atoms with Crippen molar-refractivity contribution in [3.63, 3.8) is 0 Å². The zero-order chi connectivity index (χ0) is 20.5.